The Balaban J connectivity index is 1.48. The Hall–Kier alpha value is -2.96. The summed E-state index contributed by atoms with van der Waals surface area (Å²) in [6.45, 7) is 3.10. The molecule has 1 saturated heterocycles. The number of fused-ring (bicyclic) bond motifs is 1. The molecule has 3 aromatic rings. The van der Waals surface area contributed by atoms with Crippen LogP contribution in [0.4, 0.5) is 5.82 Å². The molecular formula is C17H18N6O. The minimum Gasteiger partial charge on any atom is -0.355 e. The van der Waals surface area contributed by atoms with Crippen molar-refractivity contribution in [2.75, 3.05) is 31.1 Å². The zero-order valence-corrected chi connectivity index (χ0v) is 13.2. The highest BCUT2D eigenvalue weighted by atomic mass is 16.2. The van der Waals surface area contributed by atoms with Crippen LogP contribution in [0.25, 0.3) is 5.65 Å². The van der Waals surface area contributed by atoms with Gasteiger partial charge in [-0.1, -0.05) is 0 Å². The molecule has 24 heavy (non-hydrogen) atoms. The van der Waals surface area contributed by atoms with Crippen LogP contribution in [0.5, 0.6) is 0 Å². The summed E-state index contributed by atoms with van der Waals surface area (Å²) in [5, 5.41) is 4.17. The van der Waals surface area contributed by atoms with Gasteiger partial charge in [0.1, 0.15) is 5.82 Å². The molecule has 4 heterocycles. The molecule has 1 amide bonds. The van der Waals surface area contributed by atoms with Crippen molar-refractivity contribution in [3.05, 3.63) is 54.6 Å². The molecule has 0 N–H and O–H groups in total. The van der Waals surface area contributed by atoms with E-state index >= 15 is 0 Å². The van der Waals surface area contributed by atoms with Crippen molar-refractivity contribution in [3.8, 4) is 0 Å². The second-order valence-electron chi connectivity index (χ2n) is 5.79. The van der Waals surface area contributed by atoms with Crippen LogP contribution in [0.1, 0.15) is 16.8 Å². The number of aromatic nitrogens is 4. The first-order chi connectivity index (χ1) is 11.8. The third-order valence-corrected chi connectivity index (χ3v) is 4.28. The summed E-state index contributed by atoms with van der Waals surface area (Å²) in [6.07, 6.45) is 7.89. The van der Waals surface area contributed by atoms with Gasteiger partial charge in [-0.05, 0) is 24.6 Å². The quantitative estimate of drug-likeness (QED) is 0.715. The van der Waals surface area contributed by atoms with E-state index in [4.69, 9.17) is 0 Å². The fourth-order valence-electron chi connectivity index (χ4n) is 3.01. The van der Waals surface area contributed by atoms with Gasteiger partial charge in [0.15, 0.2) is 5.65 Å². The van der Waals surface area contributed by atoms with Gasteiger partial charge < -0.3 is 9.80 Å². The van der Waals surface area contributed by atoms with E-state index in [0.717, 1.165) is 37.5 Å². The normalized spacial score (nSPS) is 15.5. The summed E-state index contributed by atoms with van der Waals surface area (Å²) in [7, 11) is 0. The molecule has 1 aliphatic heterocycles. The second kappa shape index (κ2) is 6.27. The van der Waals surface area contributed by atoms with E-state index < -0.39 is 0 Å². The Labute approximate surface area is 139 Å². The molecule has 7 heteroatoms. The molecule has 122 valence electrons. The molecule has 0 bridgehead atoms. The average molecular weight is 322 g/mol. The summed E-state index contributed by atoms with van der Waals surface area (Å²) in [5.41, 5.74) is 1.53. The molecule has 0 spiro atoms. The third kappa shape index (κ3) is 2.80. The Morgan fingerprint density at radius 1 is 0.958 bits per heavy atom. The molecule has 0 atom stereocenters. The van der Waals surface area contributed by atoms with Crippen molar-refractivity contribution < 1.29 is 4.79 Å². The van der Waals surface area contributed by atoms with Crippen molar-refractivity contribution in [1.82, 2.24) is 24.5 Å². The number of rotatable bonds is 2. The van der Waals surface area contributed by atoms with Crippen LogP contribution in [0, 0.1) is 0 Å². The summed E-state index contributed by atoms with van der Waals surface area (Å²) in [5.74, 6) is 1.000. The van der Waals surface area contributed by atoms with Gasteiger partial charge in [-0.15, -0.1) is 0 Å². The van der Waals surface area contributed by atoms with Crippen LogP contribution in [0.2, 0.25) is 0 Å². The molecule has 4 rings (SSSR count). The number of pyridine rings is 1. The highest BCUT2D eigenvalue weighted by molar-refractivity contribution is 5.94. The van der Waals surface area contributed by atoms with Crippen molar-refractivity contribution in [1.29, 1.82) is 0 Å². The maximum absolute atomic E-state index is 12.6. The van der Waals surface area contributed by atoms with Gasteiger partial charge >= 0.3 is 0 Å². The summed E-state index contributed by atoms with van der Waals surface area (Å²) in [6, 6.07) is 7.39. The maximum atomic E-state index is 12.6. The van der Waals surface area contributed by atoms with Crippen molar-refractivity contribution in [3.63, 3.8) is 0 Å². The van der Waals surface area contributed by atoms with Crippen LogP contribution in [-0.4, -0.2) is 56.6 Å². The number of nitrogens with zero attached hydrogens (tertiary/aromatic N) is 6. The number of anilines is 1. The fraction of sp³-hybridized carbons (Fsp3) is 0.294. The highest BCUT2D eigenvalue weighted by Gasteiger charge is 2.21. The molecular weight excluding hydrogens is 304 g/mol. The number of hydrogen-bond donors (Lipinski definition) is 0. The van der Waals surface area contributed by atoms with E-state index in [9.17, 15) is 4.79 Å². The van der Waals surface area contributed by atoms with Gasteiger partial charge in [-0.25, -0.2) is 9.50 Å². The lowest BCUT2D eigenvalue weighted by molar-refractivity contribution is 0.0767. The lowest BCUT2D eigenvalue weighted by atomic mass is 10.2. The topological polar surface area (TPSA) is 66.6 Å². The van der Waals surface area contributed by atoms with Crippen LogP contribution >= 0.6 is 0 Å². The standard InChI is InChI=1S/C17H18N6O/c24-17(14-2-6-18-7-3-14)22-10-1-9-21(12-13-22)15-5-11-23-16(20-15)4-8-19-23/h2-8,11H,1,9-10,12-13H2. The lowest BCUT2D eigenvalue weighted by Crippen LogP contribution is -2.35. The second-order valence-corrected chi connectivity index (χ2v) is 5.79. The van der Waals surface area contributed by atoms with E-state index in [2.05, 4.69) is 20.0 Å². The fourth-order valence-corrected chi connectivity index (χ4v) is 3.01. The molecule has 0 unspecified atom stereocenters. The third-order valence-electron chi connectivity index (χ3n) is 4.28. The van der Waals surface area contributed by atoms with Gasteiger partial charge in [-0.2, -0.15) is 5.10 Å². The number of carbonyl (C=O) groups is 1. The molecule has 0 radical (unpaired) electrons. The van der Waals surface area contributed by atoms with E-state index in [1.165, 1.54) is 0 Å². The predicted octanol–water partition coefficient (Wildman–Crippen LogP) is 1.48. The number of amides is 1. The van der Waals surface area contributed by atoms with Gasteiger partial charge in [0, 0.05) is 56.4 Å². The maximum Gasteiger partial charge on any atom is 0.254 e. The van der Waals surface area contributed by atoms with Gasteiger partial charge in [0.2, 0.25) is 0 Å². The Bertz CT molecular complexity index is 846. The molecule has 7 nitrogen and oxygen atoms in total. The first-order valence-electron chi connectivity index (χ1n) is 8.06. The van der Waals surface area contributed by atoms with Crippen LogP contribution in [0.15, 0.2) is 49.1 Å². The highest BCUT2D eigenvalue weighted by Crippen LogP contribution is 2.16. The van der Waals surface area contributed by atoms with Crippen LogP contribution in [-0.2, 0) is 0 Å². The summed E-state index contributed by atoms with van der Waals surface area (Å²) < 4.78 is 1.75. The monoisotopic (exact) mass is 322 g/mol. The van der Waals surface area contributed by atoms with Gasteiger partial charge in [0.05, 0.1) is 6.20 Å². The molecule has 3 aromatic heterocycles. The van der Waals surface area contributed by atoms with E-state index in [-0.39, 0.29) is 5.91 Å². The van der Waals surface area contributed by atoms with E-state index in [0.29, 0.717) is 12.1 Å². The molecule has 1 fully saturated rings. The summed E-state index contributed by atoms with van der Waals surface area (Å²) in [4.78, 5) is 25.3. The SMILES string of the molecule is O=C(c1ccncc1)N1CCCN(c2ccn3nccc3n2)CC1. The Kier molecular flexibility index (Phi) is 3.82. The zero-order valence-electron chi connectivity index (χ0n) is 13.2. The van der Waals surface area contributed by atoms with Crippen molar-refractivity contribution >= 4 is 17.4 Å². The predicted molar refractivity (Wildman–Crippen MR) is 90.0 cm³/mol. The largest absolute Gasteiger partial charge is 0.355 e. The Morgan fingerprint density at radius 3 is 2.71 bits per heavy atom. The summed E-state index contributed by atoms with van der Waals surface area (Å²) >= 11 is 0. The Morgan fingerprint density at radius 2 is 1.83 bits per heavy atom. The molecule has 0 saturated carbocycles. The molecule has 1 aliphatic rings. The number of carbonyl (C=O) groups excluding carboxylic acids is 1. The minimum atomic E-state index is 0.0680. The van der Waals surface area contributed by atoms with Crippen molar-refractivity contribution in [2.24, 2.45) is 0 Å². The van der Waals surface area contributed by atoms with Gasteiger partial charge in [-0.3, -0.25) is 9.78 Å². The number of hydrogen-bond acceptors (Lipinski definition) is 5. The van der Waals surface area contributed by atoms with E-state index in [1.54, 1.807) is 35.2 Å². The van der Waals surface area contributed by atoms with Crippen molar-refractivity contribution in [2.45, 2.75) is 6.42 Å². The average Bonchev–Trinajstić information content (AvgIpc) is 2.96. The molecule has 0 aromatic carbocycles. The van der Waals surface area contributed by atoms with Crippen LogP contribution in [0.3, 0.4) is 0 Å². The first-order valence-corrected chi connectivity index (χ1v) is 8.06. The lowest BCUT2D eigenvalue weighted by Gasteiger charge is -2.23. The zero-order chi connectivity index (χ0) is 16.4. The van der Waals surface area contributed by atoms with E-state index in [1.807, 2.05) is 23.2 Å². The first kappa shape index (κ1) is 14.6. The smallest absolute Gasteiger partial charge is 0.254 e. The molecule has 0 aliphatic carbocycles. The minimum absolute atomic E-state index is 0.0680. The van der Waals surface area contributed by atoms with Crippen LogP contribution < -0.4 is 4.90 Å². The van der Waals surface area contributed by atoms with Gasteiger partial charge in [0.25, 0.3) is 5.91 Å².